The van der Waals surface area contributed by atoms with Crippen molar-refractivity contribution in [3.63, 3.8) is 0 Å². The van der Waals surface area contributed by atoms with Gasteiger partial charge in [0.05, 0.1) is 22.5 Å². The molecule has 2 aromatic heterocycles. The summed E-state index contributed by atoms with van der Waals surface area (Å²) < 4.78 is 1.73. The molecular formula is C13H16ClN3O. The van der Waals surface area contributed by atoms with Crippen molar-refractivity contribution in [3.8, 4) is 0 Å². The number of pyridine rings is 1. The van der Waals surface area contributed by atoms with Crippen molar-refractivity contribution in [2.45, 2.75) is 25.9 Å². The zero-order valence-corrected chi connectivity index (χ0v) is 11.2. The van der Waals surface area contributed by atoms with Crippen LogP contribution in [-0.4, -0.2) is 26.0 Å². The summed E-state index contributed by atoms with van der Waals surface area (Å²) in [5, 5.41) is 15.0. The van der Waals surface area contributed by atoms with Gasteiger partial charge in [0.15, 0.2) is 0 Å². The summed E-state index contributed by atoms with van der Waals surface area (Å²) in [6, 6.07) is 3.82. The minimum atomic E-state index is -0.485. The van der Waals surface area contributed by atoms with Crippen LogP contribution in [-0.2, 0) is 19.9 Å². The number of aryl methyl sites for hydroxylation is 2. The Morgan fingerprint density at radius 2 is 2.22 bits per heavy atom. The molecule has 0 fully saturated rings. The first-order valence-electron chi connectivity index (χ1n) is 5.83. The Morgan fingerprint density at radius 1 is 1.44 bits per heavy atom. The summed E-state index contributed by atoms with van der Waals surface area (Å²) in [6.45, 7) is 1.86. The first-order chi connectivity index (χ1) is 8.58. The van der Waals surface area contributed by atoms with Gasteiger partial charge in [-0.1, -0.05) is 17.7 Å². The van der Waals surface area contributed by atoms with Gasteiger partial charge in [-0.3, -0.25) is 9.67 Å². The lowest BCUT2D eigenvalue weighted by Crippen LogP contribution is -2.16. The van der Waals surface area contributed by atoms with E-state index in [4.69, 9.17) is 11.6 Å². The monoisotopic (exact) mass is 265 g/mol. The highest BCUT2D eigenvalue weighted by Gasteiger charge is 2.15. The van der Waals surface area contributed by atoms with Crippen LogP contribution in [0.15, 0.2) is 24.5 Å². The van der Waals surface area contributed by atoms with Gasteiger partial charge in [0.1, 0.15) is 0 Å². The predicted octanol–water partition coefficient (Wildman–Crippen LogP) is 1.92. The molecule has 0 saturated carbocycles. The lowest BCUT2D eigenvalue weighted by atomic mass is 10.1. The van der Waals surface area contributed by atoms with Gasteiger partial charge in [0.2, 0.25) is 0 Å². The molecule has 1 unspecified atom stereocenters. The normalized spacial score (nSPS) is 12.7. The zero-order chi connectivity index (χ0) is 13.1. The molecule has 2 aromatic rings. The van der Waals surface area contributed by atoms with Crippen LogP contribution in [0.5, 0.6) is 0 Å². The molecule has 0 spiro atoms. The summed E-state index contributed by atoms with van der Waals surface area (Å²) in [5.74, 6) is 0. The molecule has 2 rings (SSSR count). The fraction of sp³-hybridized carbons (Fsp3) is 0.385. The van der Waals surface area contributed by atoms with Crippen molar-refractivity contribution < 1.29 is 5.11 Å². The molecule has 0 aromatic carbocycles. The lowest BCUT2D eigenvalue weighted by molar-refractivity contribution is 0.173. The van der Waals surface area contributed by atoms with E-state index in [1.165, 1.54) is 0 Å². The minimum absolute atomic E-state index is 0.485. The van der Waals surface area contributed by atoms with Gasteiger partial charge in [-0.05, 0) is 18.6 Å². The van der Waals surface area contributed by atoms with Gasteiger partial charge in [-0.2, -0.15) is 5.10 Å². The maximum atomic E-state index is 10.1. The number of aromatic nitrogens is 3. The SMILES string of the molecule is Cc1nn(C)c(CC(O)Cc2cccnc2)c1Cl. The second kappa shape index (κ2) is 5.50. The van der Waals surface area contributed by atoms with Crippen LogP contribution in [0.1, 0.15) is 17.0 Å². The van der Waals surface area contributed by atoms with E-state index in [2.05, 4.69) is 10.1 Å². The Labute approximate surface area is 111 Å². The second-order valence-electron chi connectivity index (χ2n) is 4.39. The third kappa shape index (κ3) is 2.89. The van der Waals surface area contributed by atoms with E-state index in [9.17, 15) is 5.11 Å². The van der Waals surface area contributed by atoms with E-state index >= 15 is 0 Å². The van der Waals surface area contributed by atoms with E-state index in [1.807, 2.05) is 26.1 Å². The molecule has 0 aliphatic heterocycles. The van der Waals surface area contributed by atoms with Crippen molar-refractivity contribution in [1.29, 1.82) is 0 Å². The van der Waals surface area contributed by atoms with E-state index in [1.54, 1.807) is 17.1 Å². The Morgan fingerprint density at radius 3 is 2.78 bits per heavy atom. The van der Waals surface area contributed by atoms with Gasteiger partial charge in [0, 0.05) is 32.3 Å². The van der Waals surface area contributed by atoms with Gasteiger partial charge >= 0.3 is 0 Å². The van der Waals surface area contributed by atoms with Crippen molar-refractivity contribution in [2.75, 3.05) is 0 Å². The molecule has 1 atom stereocenters. The molecule has 5 heteroatoms. The van der Waals surface area contributed by atoms with Gasteiger partial charge < -0.3 is 5.11 Å². The average Bonchev–Trinajstić information content (AvgIpc) is 2.57. The maximum absolute atomic E-state index is 10.1. The van der Waals surface area contributed by atoms with Crippen LogP contribution in [0.4, 0.5) is 0 Å². The van der Waals surface area contributed by atoms with Crippen LogP contribution >= 0.6 is 11.6 Å². The van der Waals surface area contributed by atoms with Gasteiger partial charge in [-0.25, -0.2) is 0 Å². The predicted molar refractivity (Wildman–Crippen MR) is 70.6 cm³/mol. The standard InChI is InChI=1S/C13H16ClN3O/c1-9-13(14)12(17(2)16-9)7-11(18)6-10-4-3-5-15-8-10/h3-5,8,11,18H,6-7H2,1-2H3. The number of rotatable bonds is 4. The summed E-state index contributed by atoms with van der Waals surface area (Å²) >= 11 is 6.15. The zero-order valence-electron chi connectivity index (χ0n) is 10.5. The fourth-order valence-electron chi connectivity index (χ4n) is 1.99. The quantitative estimate of drug-likeness (QED) is 0.919. The third-order valence-corrected chi connectivity index (χ3v) is 3.38. The molecule has 96 valence electrons. The van der Waals surface area contributed by atoms with E-state index in [0.29, 0.717) is 17.9 Å². The van der Waals surface area contributed by atoms with Crippen molar-refractivity contribution in [1.82, 2.24) is 14.8 Å². The third-order valence-electron chi connectivity index (χ3n) is 2.88. The average molecular weight is 266 g/mol. The second-order valence-corrected chi connectivity index (χ2v) is 4.77. The summed E-state index contributed by atoms with van der Waals surface area (Å²) in [5.41, 5.74) is 2.67. The minimum Gasteiger partial charge on any atom is -0.392 e. The van der Waals surface area contributed by atoms with Crippen molar-refractivity contribution in [3.05, 3.63) is 46.5 Å². The Hall–Kier alpha value is -1.39. The van der Waals surface area contributed by atoms with Crippen molar-refractivity contribution >= 4 is 11.6 Å². The number of halogens is 1. The van der Waals surface area contributed by atoms with Gasteiger partial charge in [-0.15, -0.1) is 0 Å². The smallest absolute Gasteiger partial charge is 0.0847 e. The fourth-order valence-corrected chi connectivity index (χ4v) is 2.23. The van der Waals surface area contributed by atoms with Gasteiger partial charge in [0.25, 0.3) is 0 Å². The highest BCUT2D eigenvalue weighted by Crippen LogP contribution is 2.21. The van der Waals surface area contributed by atoms with E-state index in [-0.39, 0.29) is 0 Å². The largest absolute Gasteiger partial charge is 0.392 e. The highest BCUT2D eigenvalue weighted by molar-refractivity contribution is 6.31. The molecular weight excluding hydrogens is 250 g/mol. The molecule has 0 bridgehead atoms. The Kier molecular flexibility index (Phi) is 3.99. The number of aliphatic hydroxyl groups excluding tert-OH is 1. The molecule has 18 heavy (non-hydrogen) atoms. The van der Waals surface area contributed by atoms with E-state index in [0.717, 1.165) is 17.0 Å². The first kappa shape index (κ1) is 13.1. The number of nitrogens with zero attached hydrogens (tertiary/aromatic N) is 3. The molecule has 0 saturated heterocycles. The Balaban J connectivity index is 2.05. The molecule has 0 amide bonds. The number of hydrogen-bond acceptors (Lipinski definition) is 3. The number of hydrogen-bond donors (Lipinski definition) is 1. The van der Waals surface area contributed by atoms with Crippen LogP contribution < -0.4 is 0 Å². The molecule has 2 heterocycles. The summed E-state index contributed by atoms with van der Waals surface area (Å²) in [7, 11) is 1.84. The van der Waals surface area contributed by atoms with Crippen LogP contribution in [0.25, 0.3) is 0 Å². The summed E-state index contributed by atoms with van der Waals surface area (Å²) in [4.78, 5) is 4.03. The number of aliphatic hydroxyl groups is 1. The van der Waals surface area contributed by atoms with Crippen LogP contribution in [0.3, 0.4) is 0 Å². The summed E-state index contributed by atoms with van der Waals surface area (Å²) in [6.07, 6.45) is 4.05. The molecule has 0 radical (unpaired) electrons. The molecule has 4 nitrogen and oxygen atoms in total. The Bertz CT molecular complexity index is 525. The van der Waals surface area contributed by atoms with Crippen LogP contribution in [0.2, 0.25) is 5.02 Å². The van der Waals surface area contributed by atoms with Crippen molar-refractivity contribution in [2.24, 2.45) is 7.05 Å². The molecule has 0 aliphatic carbocycles. The lowest BCUT2D eigenvalue weighted by Gasteiger charge is -2.11. The highest BCUT2D eigenvalue weighted by atomic mass is 35.5. The van der Waals surface area contributed by atoms with E-state index < -0.39 is 6.10 Å². The topological polar surface area (TPSA) is 50.9 Å². The van der Waals surface area contributed by atoms with Crippen LogP contribution in [0, 0.1) is 6.92 Å². The molecule has 0 aliphatic rings. The maximum Gasteiger partial charge on any atom is 0.0847 e. The molecule has 1 N–H and O–H groups in total. The first-order valence-corrected chi connectivity index (χ1v) is 6.20.